The number of fused-ring (bicyclic) bond motifs is 3. The number of amides is 1. The number of aromatic nitrogens is 4. The van der Waals surface area contributed by atoms with E-state index in [0.29, 0.717) is 11.7 Å². The van der Waals surface area contributed by atoms with Gasteiger partial charge in [0, 0.05) is 50.2 Å². The maximum Gasteiger partial charge on any atom is 0.272 e. The number of carbonyl (C=O) groups excluding carboxylic acids is 1. The first-order valence-electron chi connectivity index (χ1n) is 9.55. The van der Waals surface area contributed by atoms with Gasteiger partial charge in [-0.25, -0.2) is 9.97 Å². The predicted octanol–water partition coefficient (Wildman–Crippen LogP) is 1.66. The maximum absolute atomic E-state index is 12.9. The fourth-order valence-electron chi connectivity index (χ4n) is 4.36. The number of aryl methyl sites for hydroxylation is 1. The molecule has 7 nitrogen and oxygen atoms in total. The van der Waals surface area contributed by atoms with Crippen molar-refractivity contribution in [2.45, 2.75) is 44.2 Å². The summed E-state index contributed by atoms with van der Waals surface area (Å²) in [6.45, 7) is 1.62. The van der Waals surface area contributed by atoms with Crippen LogP contribution in [0.2, 0.25) is 0 Å². The van der Waals surface area contributed by atoms with E-state index in [4.69, 9.17) is 0 Å². The monoisotopic (exact) mass is 352 g/mol. The number of piperidine rings is 2. The third-order valence-electron chi connectivity index (χ3n) is 6.03. The Kier molecular flexibility index (Phi) is 3.69. The molecule has 0 spiro atoms. The van der Waals surface area contributed by atoms with Gasteiger partial charge in [0.1, 0.15) is 17.8 Å². The van der Waals surface area contributed by atoms with Gasteiger partial charge in [-0.2, -0.15) is 5.10 Å². The van der Waals surface area contributed by atoms with Crippen LogP contribution in [0.4, 0.5) is 5.82 Å². The number of hydrogen-bond acceptors (Lipinski definition) is 5. The van der Waals surface area contributed by atoms with Gasteiger partial charge in [-0.1, -0.05) is 0 Å². The van der Waals surface area contributed by atoms with E-state index >= 15 is 0 Å². The summed E-state index contributed by atoms with van der Waals surface area (Å²) in [5.41, 5.74) is 1.82. The Labute approximate surface area is 153 Å². The maximum atomic E-state index is 12.9. The molecule has 0 radical (unpaired) electrons. The van der Waals surface area contributed by atoms with Crippen molar-refractivity contribution in [1.82, 2.24) is 24.6 Å². The molecule has 136 valence electrons. The van der Waals surface area contributed by atoms with Crippen LogP contribution in [0.15, 0.2) is 24.7 Å². The van der Waals surface area contributed by atoms with Gasteiger partial charge in [0.2, 0.25) is 0 Å². The fraction of sp³-hybridized carbons (Fsp3) is 0.579. The van der Waals surface area contributed by atoms with Crippen molar-refractivity contribution in [2.75, 3.05) is 18.0 Å². The molecule has 3 saturated heterocycles. The Morgan fingerprint density at radius 3 is 2.69 bits per heavy atom. The lowest BCUT2D eigenvalue weighted by Crippen LogP contribution is -2.64. The Morgan fingerprint density at radius 2 is 2.00 bits per heavy atom. The topological polar surface area (TPSA) is 67.2 Å². The largest absolute Gasteiger partial charge is 0.350 e. The molecule has 1 saturated carbocycles. The molecule has 1 amide bonds. The van der Waals surface area contributed by atoms with Crippen molar-refractivity contribution < 1.29 is 4.79 Å². The van der Waals surface area contributed by atoms with E-state index in [2.05, 4.69) is 26.0 Å². The van der Waals surface area contributed by atoms with Crippen LogP contribution in [0.25, 0.3) is 0 Å². The third kappa shape index (κ3) is 2.75. The normalized spacial score (nSPS) is 25.0. The number of anilines is 1. The summed E-state index contributed by atoms with van der Waals surface area (Å²) in [5, 5.41) is 4.14. The lowest BCUT2D eigenvalue weighted by Gasteiger charge is -2.51. The predicted molar refractivity (Wildman–Crippen MR) is 96.9 cm³/mol. The van der Waals surface area contributed by atoms with Gasteiger partial charge in [-0.3, -0.25) is 9.48 Å². The fourth-order valence-corrected chi connectivity index (χ4v) is 4.36. The van der Waals surface area contributed by atoms with Crippen LogP contribution in [-0.2, 0) is 13.5 Å². The van der Waals surface area contributed by atoms with Crippen LogP contribution in [0.5, 0.6) is 0 Å². The molecule has 6 rings (SSSR count). The quantitative estimate of drug-likeness (QED) is 0.837. The molecule has 2 aromatic rings. The molecule has 2 bridgehead atoms. The summed E-state index contributed by atoms with van der Waals surface area (Å²) < 4.78 is 1.66. The van der Waals surface area contributed by atoms with Crippen LogP contribution in [0.3, 0.4) is 0 Å². The molecular weight excluding hydrogens is 328 g/mol. The Bertz CT molecular complexity index is 829. The summed E-state index contributed by atoms with van der Waals surface area (Å²) in [6, 6.07) is 4.54. The number of carbonyl (C=O) groups is 1. The van der Waals surface area contributed by atoms with Gasteiger partial charge < -0.3 is 9.80 Å². The Morgan fingerprint density at radius 1 is 1.15 bits per heavy atom. The molecule has 3 aliphatic heterocycles. The molecule has 7 heteroatoms. The molecule has 0 aromatic carbocycles. The Balaban J connectivity index is 1.34. The van der Waals surface area contributed by atoms with Crippen LogP contribution < -0.4 is 4.90 Å². The van der Waals surface area contributed by atoms with E-state index in [9.17, 15) is 4.79 Å². The van der Waals surface area contributed by atoms with Crippen LogP contribution in [-0.4, -0.2) is 55.7 Å². The zero-order valence-corrected chi connectivity index (χ0v) is 15.1. The highest BCUT2D eigenvalue weighted by atomic mass is 16.2. The molecule has 1 aliphatic carbocycles. The standard InChI is InChI=1S/C19H24N6O/c1-23-17(6-7-22-23)19(26)25-11-15-4-5-16(25)10-24(15)18-9-14(20-12-21-18)8-13-2-3-13/h6-7,9,12-13,15-16H,2-5,8,10-11H2,1H3. The SMILES string of the molecule is Cn1nccc1C(=O)N1CC2CCC1CN2c1cc(CC2CC2)ncn1. The molecule has 26 heavy (non-hydrogen) atoms. The molecule has 0 N–H and O–H groups in total. The first-order valence-corrected chi connectivity index (χ1v) is 9.55. The summed E-state index contributed by atoms with van der Waals surface area (Å²) >= 11 is 0. The zero-order chi connectivity index (χ0) is 17.7. The molecular formula is C19H24N6O. The lowest BCUT2D eigenvalue weighted by molar-refractivity contribution is 0.0493. The van der Waals surface area contributed by atoms with Gasteiger partial charge in [-0.15, -0.1) is 0 Å². The average molecular weight is 352 g/mol. The van der Waals surface area contributed by atoms with Crippen LogP contribution in [0, 0.1) is 5.92 Å². The molecule has 2 unspecified atom stereocenters. The van der Waals surface area contributed by atoms with Gasteiger partial charge in [0.05, 0.1) is 0 Å². The number of piperazine rings is 1. The molecule has 2 aromatic heterocycles. The van der Waals surface area contributed by atoms with E-state index in [1.54, 1.807) is 23.3 Å². The summed E-state index contributed by atoms with van der Waals surface area (Å²) in [6.07, 6.45) is 9.30. The van der Waals surface area contributed by atoms with E-state index in [0.717, 1.165) is 49.8 Å². The molecule has 4 fully saturated rings. The number of hydrogen-bond donors (Lipinski definition) is 0. The molecule has 5 heterocycles. The minimum Gasteiger partial charge on any atom is -0.350 e. The molecule has 2 atom stereocenters. The minimum atomic E-state index is 0.0939. The van der Waals surface area contributed by atoms with Gasteiger partial charge in [0.25, 0.3) is 5.91 Å². The highest BCUT2D eigenvalue weighted by Crippen LogP contribution is 2.35. The molecule has 4 aliphatic rings. The average Bonchev–Trinajstić information content (AvgIpc) is 3.39. The number of rotatable bonds is 4. The van der Waals surface area contributed by atoms with Gasteiger partial charge in [0.15, 0.2) is 0 Å². The van der Waals surface area contributed by atoms with E-state index < -0.39 is 0 Å². The van der Waals surface area contributed by atoms with Crippen molar-refractivity contribution in [3.05, 3.63) is 36.0 Å². The lowest BCUT2D eigenvalue weighted by atomic mass is 9.90. The van der Waals surface area contributed by atoms with E-state index in [1.165, 1.54) is 12.8 Å². The Hall–Kier alpha value is -2.44. The first kappa shape index (κ1) is 15.8. The summed E-state index contributed by atoms with van der Waals surface area (Å²) in [4.78, 5) is 26.3. The van der Waals surface area contributed by atoms with Crippen LogP contribution in [0.1, 0.15) is 41.9 Å². The number of nitrogens with zero attached hydrogens (tertiary/aromatic N) is 6. The van der Waals surface area contributed by atoms with Crippen molar-refractivity contribution in [3.8, 4) is 0 Å². The summed E-state index contributed by atoms with van der Waals surface area (Å²) in [5.74, 6) is 1.94. The van der Waals surface area contributed by atoms with E-state index in [1.807, 2.05) is 11.9 Å². The third-order valence-corrected chi connectivity index (χ3v) is 6.03. The van der Waals surface area contributed by atoms with Crippen molar-refractivity contribution in [1.29, 1.82) is 0 Å². The van der Waals surface area contributed by atoms with Crippen molar-refractivity contribution in [2.24, 2.45) is 13.0 Å². The first-order chi connectivity index (χ1) is 12.7. The smallest absolute Gasteiger partial charge is 0.272 e. The van der Waals surface area contributed by atoms with Crippen molar-refractivity contribution >= 4 is 11.7 Å². The van der Waals surface area contributed by atoms with E-state index in [-0.39, 0.29) is 11.9 Å². The van der Waals surface area contributed by atoms with Gasteiger partial charge in [-0.05, 0) is 44.1 Å². The zero-order valence-electron chi connectivity index (χ0n) is 15.1. The second kappa shape index (κ2) is 6.07. The summed E-state index contributed by atoms with van der Waals surface area (Å²) in [7, 11) is 1.82. The highest BCUT2D eigenvalue weighted by molar-refractivity contribution is 5.93. The second-order valence-corrected chi connectivity index (χ2v) is 7.85. The highest BCUT2D eigenvalue weighted by Gasteiger charge is 2.42. The second-order valence-electron chi connectivity index (χ2n) is 7.85. The van der Waals surface area contributed by atoms with Crippen molar-refractivity contribution in [3.63, 3.8) is 0 Å². The van der Waals surface area contributed by atoms with Gasteiger partial charge >= 0.3 is 0 Å². The van der Waals surface area contributed by atoms with Crippen LogP contribution >= 0.6 is 0 Å². The minimum absolute atomic E-state index is 0.0939.